The predicted molar refractivity (Wildman–Crippen MR) is 124 cm³/mol. The fourth-order valence-corrected chi connectivity index (χ4v) is 5.34. The molecule has 2 N–H and O–H groups in total. The number of hydrogen-bond acceptors (Lipinski definition) is 7. The van der Waals surface area contributed by atoms with Crippen molar-refractivity contribution in [2.75, 3.05) is 38.0 Å². The van der Waals surface area contributed by atoms with Crippen LogP contribution in [0.2, 0.25) is 0 Å². The van der Waals surface area contributed by atoms with Crippen LogP contribution in [0.3, 0.4) is 0 Å². The number of halogens is 3. The third kappa shape index (κ3) is 4.45. The number of nitrogens with zero attached hydrogens (tertiary/aromatic N) is 7. The van der Waals surface area contributed by atoms with Gasteiger partial charge >= 0.3 is 12.2 Å². The summed E-state index contributed by atoms with van der Waals surface area (Å²) in [5.74, 6) is 0.851. The largest absolute Gasteiger partial charge is 0.408 e. The van der Waals surface area contributed by atoms with Crippen molar-refractivity contribution in [3.05, 3.63) is 24.3 Å². The van der Waals surface area contributed by atoms with E-state index in [-0.39, 0.29) is 6.04 Å². The molecule has 0 unspecified atom stereocenters. The Morgan fingerprint density at radius 2 is 2.06 bits per heavy atom. The van der Waals surface area contributed by atoms with Gasteiger partial charge in [0.15, 0.2) is 0 Å². The topological polar surface area (TPSA) is 115 Å². The van der Waals surface area contributed by atoms with Gasteiger partial charge in [-0.15, -0.1) is 0 Å². The molecule has 13 heteroatoms. The van der Waals surface area contributed by atoms with E-state index in [4.69, 9.17) is 0 Å². The highest BCUT2D eigenvalue weighted by molar-refractivity contribution is 5.74. The van der Waals surface area contributed by atoms with Crippen LogP contribution in [-0.2, 0) is 12.0 Å². The smallest absolute Gasteiger partial charge is 0.369 e. The van der Waals surface area contributed by atoms with Gasteiger partial charge in [0.25, 0.3) is 0 Å². The predicted octanol–water partition coefficient (Wildman–Crippen LogP) is 2.36. The first kappa shape index (κ1) is 24.3. The first-order valence-corrected chi connectivity index (χ1v) is 12.1. The van der Waals surface area contributed by atoms with Gasteiger partial charge in [0, 0.05) is 56.1 Å². The van der Waals surface area contributed by atoms with Crippen LogP contribution in [0, 0.1) is 11.3 Å². The average Bonchev–Trinajstić information content (AvgIpc) is 3.50. The molecule has 36 heavy (non-hydrogen) atoms. The van der Waals surface area contributed by atoms with Crippen molar-refractivity contribution in [3.8, 4) is 17.3 Å². The molecule has 1 saturated heterocycles. The van der Waals surface area contributed by atoms with Crippen molar-refractivity contribution < 1.29 is 18.0 Å². The molecular formula is C23H28F3N9O. The Bertz CT molecular complexity index is 1160. The van der Waals surface area contributed by atoms with Crippen molar-refractivity contribution in [2.45, 2.75) is 56.4 Å². The quantitative estimate of drug-likeness (QED) is 0.644. The number of nitriles is 1. The van der Waals surface area contributed by atoms with Crippen molar-refractivity contribution in [2.24, 2.45) is 0 Å². The highest BCUT2D eigenvalue weighted by atomic mass is 19.4. The molecule has 2 aromatic heterocycles. The van der Waals surface area contributed by atoms with Gasteiger partial charge in [-0.3, -0.25) is 9.58 Å². The molecule has 1 aliphatic carbocycles. The van der Waals surface area contributed by atoms with Crippen molar-refractivity contribution in [3.63, 3.8) is 0 Å². The van der Waals surface area contributed by atoms with Gasteiger partial charge in [-0.05, 0) is 26.2 Å². The summed E-state index contributed by atoms with van der Waals surface area (Å²) in [5.41, 5.74) is 2.41. The summed E-state index contributed by atoms with van der Waals surface area (Å²) in [5, 5.41) is 19.4. The average molecular weight is 504 g/mol. The maximum Gasteiger partial charge on any atom is 0.408 e. The summed E-state index contributed by atoms with van der Waals surface area (Å²) in [4.78, 5) is 24.6. The zero-order valence-corrected chi connectivity index (χ0v) is 19.9. The minimum Gasteiger partial charge on any atom is -0.369 e. The Balaban J connectivity index is 1.21. The van der Waals surface area contributed by atoms with E-state index in [0.29, 0.717) is 32.6 Å². The van der Waals surface area contributed by atoms with Gasteiger partial charge in [-0.1, -0.05) is 0 Å². The van der Waals surface area contributed by atoms with Gasteiger partial charge in [0.2, 0.25) is 0 Å². The SMILES string of the molecule is C[C@H](NC(=O)N1CCN([C@H]2C[C@](CC#N)(n3cc(-c4ncnc5c4CCN5)cn3)C2)CC1)C(F)(F)F. The van der Waals surface area contributed by atoms with E-state index < -0.39 is 23.8 Å². The lowest BCUT2D eigenvalue weighted by Crippen LogP contribution is -2.62. The standard InChI is InChI=1S/C23H28F3N9O/c1-15(23(24,25)26)32-21(36)34-8-6-33(7-9-34)17-10-22(11-17,3-4-27)35-13-16(12-31-35)19-18-2-5-28-20(18)30-14-29-19/h12-15,17H,2-3,5-11H2,1H3,(H,32,36)(H,28,29,30)/t15-,17-,22-/m0/s1. The number of urea groups is 1. The molecule has 2 aromatic rings. The normalized spacial score (nSPS) is 24.9. The molecule has 0 radical (unpaired) electrons. The van der Waals surface area contributed by atoms with Crippen molar-refractivity contribution in [1.82, 2.24) is 34.9 Å². The molecule has 2 aliphatic heterocycles. The lowest BCUT2D eigenvalue weighted by atomic mass is 9.70. The first-order valence-electron chi connectivity index (χ1n) is 12.1. The molecule has 192 valence electrons. The van der Waals surface area contributed by atoms with Crippen LogP contribution in [0.5, 0.6) is 0 Å². The van der Waals surface area contributed by atoms with Gasteiger partial charge in [-0.2, -0.15) is 23.5 Å². The van der Waals surface area contributed by atoms with E-state index in [2.05, 4.69) is 31.4 Å². The van der Waals surface area contributed by atoms with Crippen LogP contribution in [0.15, 0.2) is 18.7 Å². The molecule has 0 bridgehead atoms. The molecule has 10 nitrogen and oxygen atoms in total. The molecule has 0 aromatic carbocycles. The van der Waals surface area contributed by atoms with Crippen LogP contribution in [0.1, 0.15) is 31.7 Å². The number of alkyl halides is 3. The molecule has 1 saturated carbocycles. The number of hydrogen-bond donors (Lipinski definition) is 2. The van der Waals surface area contributed by atoms with Crippen LogP contribution >= 0.6 is 0 Å². The fraction of sp³-hybridized carbons (Fsp3) is 0.609. The second-order valence-corrected chi connectivity index (χ2v) is 9.76. The Labute approximate surface area is 206 Å². The van der Waals surface area contributed by atoms with Crippen LogP contribution < -0.4 is 10.6 Å². The number of rotatable bonds is 5. The number of carbonyl (C=O) groups excluding carboxylic acids is 1. The summed E-state index contributed by atoms with van der Waals surface area (Å²) in [6, 6.07) is -0.0536. The minimum atomic E-state index is -4.47. The number of piperazine rings is 1. The van der Waals surface area contributed by atoms with Gasteiger partial charge in [-0.25, -0.2) is 14.8 Å². The Morgan fingerprint density at radius 3 is 2.75 bits per heavy atom. The summed E-state index contributed by atoms with van der Waals surface area (Å²) in [7, 11) is 0. The second-order valence-electron chi connectivity index (χ2n) is 9.76. The Morgan fingerprint density at radius 1 is 1.31 bits per heavy atom. The zero-order chi connectivity index (χ0) is 25.5. The monoisotopic (exact) mass is 503 g/mol. The number of nitrogens with one attached hydrogen (secondary N) is 2. The van der Waals surface area contributed by atoms with Crippen molar-refractivity contribution in [1.29, 1.82) is 5.26 Å². The minimum absolute atomic E-state index is 0.220. The lowest BCUT2D eigenvalue weighted by Gasteiger charge is -2.52. The molecule has 2 fully saturated rings. The third-order valence-corrected chi connectivity index (χ3v) is 7.54. The lowest BCUT2D eigenvalue weighted by molar-refractivity contribution is -0.149. The van der Waals surface area contributed by atoms with Crippen molar-refractivity contribution >= 4 is 11.8 Å². The van der Waals surface area contributed by atoms with Gasteiger partial charge in [0.05, 0.1) is 29.9 Å². The van der Waals surface area contributed by atoms with E-state index in [0.717, 1.165) is 55.4 Å². The summed E-state index contributed by atoms with van der Waals surface area (Å²) in [6.45, 7) is 3.63. The van der Waals surface area contributed by atoms with E-state index in [1.165, 1.54) is 11.2 Å². The third-order valence-electron chi connectivity index (χ3n) is 7.54. The molecular weight excluding hydrogens is 475 g/mol. The molecule has 3 aliphatic rings. The van der Waals surface area contributed by atoms with E-state index in [1.54, 1.807) is 6.20 Å². The number of carbonyl (C=O) groups is 1. The van der Waals surface area contributed by atoms with E-state index in [9.17, 15) is 23.2 Å². The van der Waals surface area contributed by atoms with Crippen LogP contribution in [-0.4, -0.2) is 86.6 Å². The zero-order valence-electron chi connectivity index (χ0n) is 19.9. The fourth-order valence-electron chi connectivity index (χ4n) is 5.34. The summed E-state index contributed by atoms with van der Waals surface area (Å²) >= 11 is 0. The second kappa shape index (κ2) is 9.24. The molecule has 2 amide bonds. The Kier molecular flexibility index (Phi) is 6.23. The highest BCUT2D eigenvalue weighted by Crippen LogP contribution is 2.45. The number of amides is 2. The first-order chi connectivity index (χ1) is 17.2. The molecule has 5 rings (SSSR count). The van der Waals surface area contributed by atoms with Gasteiger partial charge in [0.1, 0.15) is 18.2 Å². The summed E-state index contributed by atoms with van der Waals surface area (Å²) < 4.78 is 40.1. The van der Waals surface area contributed by atoms with Gasteiger partial charge < -0.3 is 15.5 Å². The molecule has 1 atom stereocenters. The molecule has 0 spiro atoms. The van der Waals surface area contributed by atoms with E-state index in [1.807, 2.05) is 16.2 Å². The number of fused-ring (bicyclic) bond motifs is 1. The maximum absolute atomic E-state index is 12.7. The van der Waals surface area contributed by atoms with E-state index >= 15 is 0 Å². The Hall–Kier alpha value is -3.40. The highest BCUT2D eigenvalue weighted by Gasteiger charge is 2.49. The van der Waals surface area contributed by atoms with Crippen LogP contribution in [0.4, 0.5) is 23.8 Å². The molecule has 4 heterocycles. The number of anilines is 1. The van der Waals surface area contributed by atoms with Crippen LogP contribution in [0.25, 0.3) is 11.3 Å². The maximum atomic E-state index is 12.7. The number of aromatic nitrogens is 4. The summed E-state index contributed by atoms with van der Waals surface area (Å²) in [6.07, 6.45) is 3.46.